The summed E-state index contributed by atoms with van der Waals surface area (Å²) in [7, 11) is -5.19. The molecule has 0 radical (unpaired) electrons. The second kappa shape index (κ2) is 16.2. The summed E-state index contributed by atoms with van der Waals surface area (Å²) in [5.41, 5.74) is 1.76. The molecule has 0 bridgehead atoms. The highest BCUT2D eigenvalue weighted by atomic mass is 32.2. The standard InChI is InChI=1S/C28H43N6O7PS/c1-5-40-42(37,41-6-2)18-17-34(4)24-11-9-23(10-12-24)32-28(36)33-43(38,39)25-13-7-22(8-14-25)15-16-29-27(35)26-20-30-21(3)19-31-26/h7-8,13-14,19-20,23-24H,5-6,9-12,15-18H2,1-4H3,(H,29,35)(H2,32,33,36). The second-order valence-corrected chi connectivity index (χ2v) is 14.3. The fraction of sp³-hybridized carbons (Fsp3) is 0.571. The van der Waals surface area contributed by atoms with E-state index in [1.54, 1.807) is 32.9 Å². The Morgan fingerprint density at radius 1 is 1.02 bits per heavy atom. The molecule has 15 heteroatoms. The zero-order valence-corrected chi connectivity index (χ0v) is 27.0. The number of hydrogen-bond acceptors (Lipinski definition) is 10. The first-order chi connectivity index (χ1) is 20.4. The Morgan fingerprint density at radius 2 is 1.67 bits per heavy atom. The van der Waals surface area contributed by atoms with Crippen LogP contribution in [0.4, 0.5) is 4.79 Å². The van der Waals surface area contributed by atoms with Gasteiger partial charge in [-0.15, -0.1) is 0 Å². The molecule has 1 saturated carbocycles. The van der Waals surface area contributed by atoms with Crippen molar-refractivity contribution in [2.75, 3.05) is 39.5 Å². The number of amides is 3. The van der Waals surface area contributed by atoms with Crippen LogP contribution in [-0.2, 0) is 30.1 Å². The van der Waals surface area contributed by atoms with Crippen LogP contribution >= 0.6 is 7.60 Å². The lowest BCUT2D eigenvalue weighted by molar-refractivity contribution is 0.0948. The molecule has 1 aliphatic rings. The third-order valence-corrected chi connectivity index (χ3v) is 10.6. The second-order valence-electron chi connectivity index (χ2n) is 10.4. The molecule has 1 aromatic heterocycles. The molecule has 0 atom stereocenters. The predicted octanol–water partition coefficient (Wildman–Crippen LogP) is 3.25. The molecular formula is C28H43N6O7PS. The van der Waals surface area contributed by atoms with E-state index in [0.29, 0.717) is 57.4 Å². The molecule has 13 nitrogen and oxygen atoms in total. The lowest BCUT2D eigenvalue weighted by atomic mass is 9.90. The van der Waals surface area contributed by atoms with Crippen LogP contribution in [0.25, 0.3) is 0 Å². The van der Waals surface area contributed by atoms with Crippen LogP contribution in [0.15, 0.2) is 41.6 Å². The van der Waals surface area contributed by atoms with Gasteiger partial charge in [0.05, 0.1) is 36.2 Å². The quantitative estimate of drug-likeness (QED) is 0.246. The molecule has 1 fully saturated rings. The lowest BCUT2D eigenvalue weighted by Gasteiger charge is -2.35. The van der Waals surface area contributed by atoms with Gasteiger partial charge in [-0.2, -0.15) is 0 Å². The highest BCUT2D eigenvalue weighted by Crippen LogP contribution is 2.47. The Labute approximate surface area is 254 Å². The average Bonchev–Trinajstić information content (AvgIpc) is 2.97. The van der Waals surface area contributed by atoms with E-state index >= 15 is 0 Å². The van der Waals surface area contributed by atoms with Gasteiger partial charge in [0.15, 0.2) is 0 Å². The molecule has 2 aromatic rings. The van der Waals surface area contributed by atoms with Gasteiger partial charge in [-0.25, -0.2) is 22.9 Å². The number of sulfonamides is 1. The summed E-state index contributed by atoms with van der Waals surface area (Å²) in [6.45, 7) is 6.91. The number of benzene rings is 1. The summed E-state index contributed by atoms with van der Waals surface area (Å²) in [6.07, 6.45) is 6.72. The summed E-state index contributed by atoms with van der Waals surface area (Å²) in [5.74, 6) is -0.339. The Morgan fingerprint density at radius 3 is 2.26 bits per heavy atom. The molecule has 1 aliphatic carbocycles. The maximum atomic E-state index is 12.8. The summed E-state index contributed by atoms with van der Waals surface area (Å²) < 4.78 is 51.1. The van der Waals surface area contributed by atoms with E-state index in [2.05, 4.69) is 30.2 Å². The smallest absolute Gasteiger partial charge is 0.331 e. The molecule has 1 heterocycles. The maximum absolute atomic E-state index is 12.8. The highest BCUT2D eigenvalue weighted by molar-refractivity contribution is 7.90. The molecule has 3 rings (SSSR count). The molecule has 43 heavy (non-hydrogen) atoms. The third-order valence-electron chi connectivity index (χ3n) is 7.21. The van der Waals surface area contributed by atoms with Crippen molar-refractivity contribution in [1.82, 2.24) is 30.2 Å². The van der Waals surface area contributed by atoms with Gasteiger partial charge in [0.2, 0.25) is 0 Å². The number of carbonyl (C=O) groups is 2. The van der Waals surface area contributed by atoms with E-state index in [1.807, 2.05) is 7.05 Å². The average molecular weight is 639 g/mol. The van der Waals surface area contributed by atoms with E-state index in [0.717, 1.165) is 18.4 Å². The number of aryl methyl sites for hydroxylation is 1. The van der Waals surface area contributed by atoms with Crippen molar-refractivity contribution in [1.29, 1.82) is 0 Å². The number of nitrogens with zero attached hydrogens (tertiary/aromatic N) is 3. The van der Waals surface area contributed by atoms with Crippen molar-refractivity contribution in [3.05, 3.63) is 53.6 Å². The summed E-state index contributed by atoms with van der Waals surface area (Å²) in [5, 5.41) is 5.54. The van der Waals surface area contributed by atoms with Gasteiger partial charge in [-0.1, -0.05) is 12.1 Å². The first-order valence-corrected chi connectivity index (χ1v) is 17.7. The molecule has 0 saturated heterocycles. The number of urea groups is 1. The van der Waals surface area contributed by atoms with Gasteiger partial charge < -0.3 is 24.6 Å². The van der Waals surface area contributed by atoms with Crippen LogP contribution in [0.5, 0.6) is 0 Å². The predicted molar refractivity (Wildman–Crippen MR) is 163 cm³/mol. The van der Waals surface area contributed by atoms with Crippen molar-refractivity contribution in [3.8, 4) is 0 Å². The largest absolute Gasteiger partial charge is 0.350 e. The van der Waals surface area contributed by atoms with Crippen molar-refractivity contribution < 1.29 is 31.6 Å². The van der Waals surface area contributed by atoms with Gasteiger partial charge in [-0.05, 0) is 77.6 Å². The zero-order chi connectivity index (χ0) is 31.5. The first-order valence-electron chi connectivity index (χ1n) is 14.5. The van der Waals surface area contributed by atoms with E-state index in [-0.39, 0.29) is 28.6 Å². The first kappa shape index (κ1) is 34.6. The summed E-state index contributed by atoms with van der Waals surface area (Å²) in [4.78, 5) is 34.9. The summed E-state index contributed by atoms with van der Waals surface area (Å²) >= 11 is 0. The third kappa shape index (κ3) is 11.0. The number of hydrogen-bond donors (Lipinski definition) is 3. The maximum Gasteiger partial charge on any atom is 0.331 e. The Bertz CT molecular complexity index is 1340. The van der Waals surface area contributed by atoms with Crippen LogP contribution < -0.4 is 15.4 Å². The SMILES string of the molecule is CCOP(=O)(CCN(C)C1CCC(NC(=O)NS(=O)(=O)c2ccc(CCNC(=O)c3cnc(C)cn3)cc2)CC1)OCC. The fourth-order valence-corrected chi connectivity index (χ4v) is 7.43. The highest BCUT2D eigenvalue weighted by Gasteiger charge is 2.29. The topological polar surface area (TPSA) is 169 Å². The van der Waals surface area contributed by atoms with Crippen molar-refractivity contribution in [2.45, 2.75) is 69.9 Å². The van der Waals surface area contributed by atoms with Crippen LogP contribution in [0.1, 0.15) is 61.3 Å². The minimum atomic E-state index is -4.06. The minimum absolute atomic E-state index is 0.0351. The van der Waals surface area contributed by atoms with E-state index in [9.17, 15) is 22.6 Å². The van der Waals surface area contributed by atoms with Gasteiger partial charge in [0.1, 0.15) is 5.69 Å². The van der Waals surface area contributed by atoms with Crippen LogP contribution in [0, 0.1) is 6.92 Å². The van der Waals surface area contributed by atoms with Crippen molar-refractivity contribution in [3.63, 3.8) is 0 Å². The zero-order valence-electron chi connectivity index (χ0n) is 25.2. The van der Waals surface area contributed by atoms with Gasteiger partial charge in [0.25, 0.3) is 15.9 Å². The number of nitrogens with one attached hydrogen (secondary N) is 3. The normalized spacial score (nSPS) is 17.4. The molecule has 0 spiro atoms. The monoisotopic (exact) mass is 638 g/mol. The number of rotatable bonds is 15. The molecule has 0 unspecified atom stereocenters. The van der Waals surface area contributed by atoms with E-state index in [1.165, 1.54) is 24.5 Å². The molecule has 3 N–H and O–H groups in total. The minimum Gasteiger partial charge on any atom is -0.350 e. The molecule has 238 valence electrons. The van der Waals surface area contributed by atoms with Crippen molar-refractivity contribution >= 4 is 29.6 Å². The van der Waals surface area contributed by atoms with E-state index < -0.39 is 23.7 Å². The number of carbonyl (C=O) groups excluding carboxylic acids is 2. The van der Waals surface area contributed by atoms with Gasteiger partial charge in [0, 0.05) is 31.4 Å². The van der Waals surface area contributed by atoms with E-state index in [4.69, 9.17) is 9.05 Å². The van der Waals surface area contributed by atoms with Crippen molar-refractivity contribution in [2.24, 2.45) is 0 Å². The summed E-state index contributed by atoms with van der Waals surface area (Å²) in [6, 6.07) is 5.47. The van der Waals surface area contributed by atoms with Crippen LogP contribution in [-0.4, -0.2) is 86.8 Å². The Balaban J connectivity index is 1.40. The van der Waals surface area contributed by atoms with Gasteiger partial charge in [-0.3, -0.25) is 14.3 Å². The molecular weight excluding hydrogens is 595 g/mol. The molecule has 1 aromatic carbocycles. The van der Waals surface area contributed by atoms with Crippen LogP contribution in [0.2, 0.25) is 0 Å². The Kier molecular flexibility index (Phi) is 13.1. The van der Waals surface area contributed by atoms with Gasteiger partial charge >= 0.3 is 13.6 Å². The Hall–Kier alpha value is -2.90. The molecule has 0 aliphatic heterocycles. The number of aromatic nitrogens is 2. The molecule has 3 amide bonds. The van der Waals surface area contributed by atoms with Crippen LogP contribution in [0.3, 0.4) is 0 Å². The fourth-order valence-electron chi connectivity index (χ4n) is 4.84. The lowest BCUT2D eigenvalue weighted by Crippen LogP contribution is -2.47.